The van der Waals surface area contributed by atoms with Crippen molar-refractivity contribution in [3.05, 3.63) is 77.7 Å². The Balaban J connectivity index is 1.40. The van der Waals surface area contributed by atoms with Crippen LogP contribution in [0.25, 0.3) is 0 Å². The number of aromatic nitrogens is 2. The zero-order valence-electron chi connectivity index (χ0n) is 18.1. The molecule has 1 N–H and O–H groups in total. The molecule has 2 atom stereocenters. The number of benzene rings is 2. The second-order valence-corrected chi connectivity index (χ2v) is 10.4. The Kier molecular flexibility index (Phi) is 5.75. The molecule has 0 unspecified atom stereocenters. The van der Waals surface area contributed by atoms with Crippen LogP contribution in [0.1, 0.15) is 29.0 Å². The monoisotopic (exact) mass is 452 g/mol. The normalized spacial score (nSPS) is 20.9. The number of likely N-dealkylation sites (tertiary alicyclic amines) is 1. The first-order valence-electron chi connectivity index (χ1n) is 11.0. The van der Waals surface area contributed by atoms with E-state index in [0.29, 0.717) is 18.6 Å². The van der Waals surface area contributed by atoms with Gasteiger partial charge in [0.2, 0.25) is 0 Å². The van der Waals surface area contributed by atoms with Gasteiger partial charge in [0.05, 0.1) is 12.4 Å². The highest BCUT2D eigenvalue weighted by molar-refractivity contribution is 7.89. The molecule has 7 nitrogen and oxygen atoms in total. The molecule has 32 heavy (non-hydrogen) atoms. The van der Waals surface area contributed by atoms with E-state index in [-0.39, 0.29) is 11.6 Å². The van der Waals surface area contributed by atoms with E-state index in [1.165, 1.54) is 24.5 Å². The highest BCUT2D eigenvalue weighted by Crippen LogP contribution is 2.40. The Morgan fingerprint density at radius 1 is 1.12 bits per heavy atom. The van der Waals surface area contributed by atoms with Crippen LogP contribution in [0.2, 0.25) is 0 Å². The zero-order valence-corrected chi connectivity index (χ0v) is 19.0. The van der Waals surface area contributed by atoms with Gasteiger partial charge in [-0.3, -0.25) is 4.90 Å². The van der Waals surface area contributed by atoms with Gasteiger partial charge in [-0.1, -0.05) is 42.5 Å². The van der Waals surface area contributed by atoms with Crippen molar-refractivity contribution >= 4 is 10.0 Å². The summed E-state index contributed by atoms with van der Waals surface area (Å²) in [5.74, 6) is 1.20. The Morgan fingerprint density at radius 3 is 2.62 bits per heavy atom. The molecule has 8 heteroatoms. The molecule has 1 saturated heterocycles. The van der Waals surface area contributed by atoms with Gasteiger partial charge in [0.25, 0.3) is 10.0 Å². The molecule has 3 heterocycles. The van der Waals surface area contributed by atoms with Crippen molar-refractivity contribution in [3.63, 3.8) is 0 Å². The second-order valence-electron chi connectivity index (χ2n) is 8.64. The largest absolute Gasteiger partial charge is 0.492 e. The Morgan fingerprint density at radius 2 is 1.94 bits per heavy atom. The van der Waals surface area contributed by atoms with Crippen molar-refractivity contribution in [2.75, 3.05) is 19.7 Å². The van der Waals surface area contributed by atoms with Crippen LogP contribution in [0.4, 0.5) is 0 Å². The van der Waals surface area contributed by atoms with Crippen LogP contribution in [0.15, 0.2) is 66.1 Å². The van der Waals surface area contributed by atoms with Gasteiger partial charge in [0.15, 0.2) is 5.03 Å². The Hall–Kier alpha value is -2.68. The van der Waals surface area contributed by atoms with E-state index in [0.717, 1.165) is 36.4 Å². The van der Waals surface area contributed by atoms with E-state index in [1.807, 2.05) is 18.2 Å². The number of hydrogen-bond acceptors (Lipinski definition) is 5. The highest BCUT2D eigenvalue weighted by Gasteiger charge is 2.37. The maximum Gasteiger partial charge on any atom is 0.259 e. The van der Waals surface area contributed by atoms with Crippen LogP contribution in [-0.4, -0.2) is 48.6 Å². The third-order valence-corrected chi connectivity index (χ3v) is 7.71. The molecule has 0 amide bonds. The fourth-order valence-corrected chi connectivity index (χ4v) is 5.55. The standard InChI is InChI=1S/C24H28N4O3S/c1-27-15-24(25-17-27)32(29,30)26-14-19-8-9-23-21(13-19)20(12-18-6-3-2-4-7-18)22(16-31-23)28-10-5-11-28/h2-4,6-9,13,15,17,20,22,26H,5,10-12,14,16H2,1H3/t20-,22+/m0/s1. The van der Waals surface area contributed by atoms with Crippen LogP contribution < -0.4 is 9.46 Å². The van der Waals surface area contributed by atoms with E-state index in [1.54, 1.807) is 11.6 Å². The van der Waals surface area contributed by atoms with Gasteiger partial charge in [0.1, 0.15) is 12.4 Å². The van der Waals surface area contributed by atoms with Crippen molar-refractivity contribution in [2.45, 2.75) is 36.4 Å². The molecule has 2 aliphatic heterocycles. The van der Waals surface area contributed by atoms with Gasteiger partial charge in [-0.15, -0.1) is 0 Å². The lowest BCUT2D eigenvalue weighted by atomic mass is 9.81. The summed E-state index contributed by atoms with van der Waals surface area (Å²) in [7, 11) is -1.91. The molecule has 0 saturated carbocycles. The molecule has 0 aliphatic carbocycles. The van der Waals surface area contributed by atoms with Gasteiger partial charge in [-0.25, -0.2) is 18.1 Å². The van der Waals surface area contributed by atoms with Gasteiger partial charge in [0, 0.05) is 25.7 Å². The summed E-state index contributed by atoms with van der Waals surface area (Å²) in [6.07, 6.45) is 5.14. The summed E-state index contributed by atoms with van der Waals surface area (Å²) < 4.78 is 35.6. The summed E-state index contributed by atoms with van der Waals surface area (Å²) in [6, 6.07) is 16.9. The summed E-state index contributed by atoms with van der Waals surface area (Å²) in [6.45, 7) is 3.12. The predicted octanol–water partition coefficient (Wildman–Crippen LogP) is 2.69. The average molecular weight is 453 g/mol. The lowest BCUT2D eigenvalue weighted by Crippen LogP contribution is -2.52. The number of hydrogen-bond donors (Lipinski definition) is 1. The maximum atomic E-state index is 12.6. The fourth-order valence-electron chi connectivity index (χ4n) is 4.55. The smallest absolute Gasteiger partial charge is 0.259 e. The van der Waals surface area contributed by atoms with Crippen molar-refractivity contribution < 1.29 is 13.2 Å². The minimum absolute atomic E-state index is 0.0288. The van der Waals surface area contributed by atoms with Gasteiger partial charge < -0.3 is 9.30 Å². The highest BCUT2D eigenvalue weighted by atomic mass is 32.2. The van der Waals surface area contributed by atoms with Crippen LogP contribution >= 0.6 is 0 Å². The predicted molar refractivity (Wildman–Crippen MR) is 122 cm³/mol. The molecule has 0 spiro atoms. The van der Waals surface area contributed by atoms with Crippen molar-refractivity contribution in [3.8, 4) is 5.75 Å². The van der Waals surface area contributed by atoms with Crippen molar-refractivity contribution in [1.82, 2.24) is 19.2 Å². The number of rotatable bonds is 7. The third kappa shape index (κ3) is 4.30. The second kappa shape index (κ2) is 8.69. The lowest BCUT2D eigenvalue weighted by molar-refractivity contribution is 0.0501. The molecule has 2 aromatic carbocycles. The molecule has 5 rings (SSSR count). The lowest BCUT2D eigenvalue weighted by Gasteiger charge is -2.45. The van der Waals surface area contributed by atoms with Crippen LogP contribution in [0.5, 0.6) is 5.75 Å². The summed E-state index contributed by atoms with van der Waals surface area (Å²) in [5.41, 5.74) is 3.37. The number of nitrogens with zero attached hydrogens (tertiary/aromatic N) is 3. The number of ether oxygens (including phenoxy) is 1. The maximum absolute atomic E-state index is 12.6. The number of nitrogens with one attached hydrogen (secondary N) is 1. The van der Waals surface area contributed by atoms with Crippen molar-refractivity contribution in [1.29, 1.82) is 0 Å². The first-order chi connectivity index (χ1) is 15.5. The quantitative estimate of drug-likeness (QED) is 0.597. The van der Waals surface area contributed by atoms with Crippen LogP contribution in [0, 0.1) is 0 Å². The van der Waals surface area contributed by atoms with Crippen LogP contribution in [0.3, 0.4) is 0 Å². The molecule has 2 aliphatic rings. The van der Waals surface area contributed by atoms with Crippen molar-refractivity contribution in [2.24, 2.45) is 7.05 Å². The van der Waals surface area contributed by atoms with Gasteiger partial charge in [-0.2, -0.15) is 0 Å². The SMILES string of the molecule is Cn1cnc(S(=O)(=O)NCc2ccc3c(c2)[C@H](Cc2ccccc2)[C@H](N2CCC2)CO3)c1. The first-order valence-corrected chi connectivity index (χ1v) is 12.5. The number of imidazole rings is 1. The van der Waals surface area contributed by atoms with E-state index in [9.17, 15) is 8.42 Å². The molecule has 168 valence electrons. The summed E-state index contributed by atoms with van der Waals surface area (Å²) in [5, 5.41) is 0.0288. The van der Waals surface area contributed by atoms with E-state index in [2.05, 4.69) is 44.9 Å². The number of aryl methyl sites for hydroxylation is 1. The van der Waals surface area contributed by atoms with E-state index < -0.39 is 10.0 Å². The molecule has 1 fully saturated rings. The zero-order chi connectivity index (χ0) is 22.1. The third-order valence-electron chi connectivity index (χ3n) is 6.43. The average Bonchev–Trinajstić information content (AvgIpc) is 3.21. The van der Waals surface area contributed by atoms with E-state index >= 15 is 0 Å². The summed E-state index contributed by atoms with van der Waals surface area (Å²) in [4.78, 5) is 6.47. The fraction of sp³-hybridized carbons (Fsp3) is 0.375. The topological polar surface area (TPSA) is 76.5 Å². The Labute approximate surface area is 189 Å². The number of sulfonamides is 1. The molecule has 3 aromatic rings. The molecule has 0 radical (unpaired) electrons. The van der Waals surface area contributed by atoms with Gasteiger partial charge >= 0.3 is 0 Å². The molecular weight excluding hydrogens is 424 g/mol. The van der Waals surface area contributed by atoms with E-state index in [4.69, 9.17) is 4.74 Å². The first kappa shape index (κ1) is 21.2. The van der Waals surface area contributed by atoms with Gasteiger partial charge in [-0.05, 0) is 48.7 Å². The summed E-state index contributed by atoms with van der Waals surface area (Å²) >= 11 is 0. The molecular formula is C24H28N4O3S. The minimum atomic E-state index is -3.66. The Bertz CT molecular complexity index is 1190. The van der Waals surface area contributed by atoms with Crippen LogP contribution in [-0.2, 0) is 30.0 Å². The molecule has 0 bridgehead atoms. The molecule has 1 aromatic heterocycles. The minimum Gasteiger partial charge on any atom is -0.492 e. The number of fused-ring (bicyclic) bond motifs is 1.